The van der Waals surface area contributed by atoms with Crippen LogP contribution in [0.2, 0.25) is 0 Å². The van der Waals surface area contributed by atoms with Gasteiger partial charge in [0.1, 0.15) is 18.8 Å². The third kappa shape index (κ3) is 5.78. The molecule has 2 aromatic carbocycles. The number of nitrogens with one attached hydrogen (secondary N) is 1. The Bertz CT molecular complexity index is 1160. The van der Waals surface area contributed by atoms with E-state index in [0.29, 0.717) is 32.2 Å². The van der Waals surface area contributed by atoms with Gasteiger partial charge in [-0.05, 0) is 55.4 Å². The lowest BCUT2D eigenvalue weighted by Gasteiger charge is -2.38. The summed E-state index contributed by atoms with van der Waals surface area (Å²) < 4.78 is 13.0. The molecule has 190 valence electrons. The summed E-state index contributed by atoms with van der Waals surface area (Å²) in [6, 6.07) is 13.6. The van der Waals surface area contributed by atoms with Crippen molar-refractivity contribution < 1.29 is 28.7 Å². The van der Waals surface area contributed by atoms with Gasteiger partial charge in [0.15, 0.2) is 5.78 Å². The van der Waals surface area contributed by atoms with E-state index in [9.17, 15) is 23.6 Å². The smallest absolute Gasteiger partial charge is 0.305 e. The first-order valence-corrected chi connectivity index (χ1v) is 13.0. The number of carboxylic acid groups (broad SMARTS) is 1. The Hall–Kier alpha value is -3.20. The van der Waals surface area contributed by atoms with E-state index < -0.39 is 48.8 Å². The summed E-state index contributed by atoms with van der Waals surface area (Å²) >= 11 is 1.63. The van der Waals surface area contributed by atoms with Crippen molar-refractivity contribution in [2.45, 2.75) is 66.3 Å². The zero-order valence-corrected chi connectivity index (χ0v) is 20.6. The highest BCUT2D eigenvalue weighted by atomic mass is 32.2. The minimum Gasteiger partial charge on any atom is -0.481 e. The van der Waals surface area contributed by atoms with Crippen LogP contribution in [0.15, 0.2) is 58.3 Å². The monoisotopic (exact) mass is 512 g/mol. The van der Waals surface area contributed by atoms with Crippen LogP contribution in [0.5, 0.6) is 0 Å². The number of halogens is 1. The predicted molar refractivity (Wildman–Crippen MR) is 133 cm³/mol. The second-order valence-corrected chi connectivity index (χ2v) is 10.2. The number of carboxylic acids is 1. The minimum absolute atomic E-state index is 0.158. The molecular weight excluding hydrogens is 483 g/mol. The first-order chi connectivity index (χ1) is 17.4. The second kappa shape index (κ2) is 11.7. The molecule has 3 unspecified atom stereocenters. The van der Waals surface area contributed by atoms with Gasteiger partial charge >= 0.3 is 5.97 Å². The Morgan fingerprint density at radius 2 is 1.75 bits per heavy atom. The molecule has 9 heteroatoms. The highest BCUT2D eigenvalue weighted by Crippen LogP contribution is 2.41. The van der Waals surface area contributed by atoms with E-state index in [1.54, 1.807) is 16.7 Å². The molecule has 36 heavy (non-hydrogen) atoms. The van der Waals surface area contributed by atoms with Crippen molar-refractivity contribution in [2.75, 3.05) is 13.2 Å². The number of fused-ring (bicyclic) bond motifs is 2. The summed E-state index contributed by atoms with van der Waals surface area (Å²) in [4.78, 5) is 53.9. The number of carbonyl (C=O) groups excluding carboxylic acids is 3. The quantitative estimate of drug-likeness (QED) is 0.586. The maximum absolute atomic E-state index is 14.0. The first kappa shape index (κ1) is 25.9. The SMILES string of the molecule is O=C(O)CC(NC(=O)C1CCCCN1C(=O)C1CCc2ccccc2Sc2ccccc21)C(=O)CF. The van der Waals surface area contributed by atoms with Gasteiger partial charge in [0.2, 0.25) is 11.8 Å². The standard InChI is InChI=1S/C27H29FN2O5S/c28-16-22(31)20(15-25(32)33)29-26(34)21-9-5-6-14-30(21)27(35)19-13-12-17-7-1-3-10-23(17)36-24-11-4-2-8-18(19)24/h1-4,7-8,10-11,19-21H,5-6,9,12-16H2,(H,29,34)(H,32,33). The molecule has 0 spiro atoms. The van der Waals surface area contributed by atoms with E-state index in [1.165, 1.54) is 5.56 Å². The van der Waals surface area contributed by atoms with E-state index in [0.717, 1.165) is 21.8 Å². The third-order valence-corrected chi connectivity index (χ3v) is 8.00. The maximum Gasteiger partial charge on any atom is 0.305 e. The van der Waals surface area contributed by atoms with Crippen molar-refractivity contribution in [1.29, 1.82) is 0 Å². The fourth-order valence-electron chi connectivity index (χ4n) is 4.95. The number of hydrogen-bond donors (Lipinski definition) is 2. The van der Waals surface area contributed by atoms with Crippen LogP contribution in [0, 0.1) is 0 Å². The van der Waals surface area contributed by atoms with E-state index in [-0.39, 0.29) is 5.91 Å². The van der Waals surface area contributed by atoms with Crippen molar-refractivity contribution >= 4 is 35.3 Å². The number of ketones is 1. The van der Waals surface area contributed by atoms with E-state index >= 15 is 0 Å². The lowest BCUT2D eigenvalue weighted by Crippen LogP contribution is -2.56. The number of aryl methyl sites for hydroxylation is 1. The van der Waals surface area contributed by atoms with Gasteiger partial charge in [-0.25, -0.2) is 4.39 Å². The van der Waals surface area contributed by atoms with Crippen molar-refractivity contribution in [3.63, 3.8) is 0 Å². The summed E-state index contributed by atoms with van der Waals surface area (Å²) in [5.74, 6) is -3.53. The van der Waals surface area contributed by atoms with Crippen LogP contribution in [0.25, 0.3) is 0 Å². The number of hydrogen-bond acceptors (Lipinski definition) is 5. The number of Topliss-reactive ketones (excluding diaryl/α,β-unsaturated/α-hetero) is 1. The maximum atomic E-state index is 14.0. The molecule has 1 fully saturated rings. The average molecular weight is 513 g/mol. The Labute approximate surface area is 213 Å². The molecule has 0 aliphatic carbocycles. The fraction of sp³-hybridized carbons (Fsp3) is 0.407. The summed E-state index contributed by atoms with van der Waals surface area (Å²) in [6.45, 7) is -0.983. The molecule has 2 aromatic rings. The van der Waals surface area contributed by atoms with Gasteiger partial charge in [0.25, 0.3) is 0 Å². The molecule has 0 bridgehead atoms. The number of likely N-dealkylation sites (tertiary alicyclic amines) is 1. The molecule has 0 saturated carbocycles. The van der Waals surface area contributed by atoms with Crippen LogP contribution in [-0.2, 0) is 25.6 Å². The van der Waals surface area contributed by atoms with Crippen molar-refractivity contribution in [3.05, 3.63) is 59.7 Å². The van der Waals surface area contributed by atoms with Crippen LogP contribution in [0.1, 0.15) is 49.1 Å². The molecule has 0 aromatic heterocycles. The highest BCUT2D eigenvalue weighted by Gasteiger charge is 2.38. The number of alkyl halides is 1. The lowest BCUT2D eigenvalue weighted by molar-refractivity contribution is -0.145. The largest absolute Gasteiger partial charge is 0.481 e. The molecule has 7 nitrogen and oxygen atoms in total. The highest BCUT2D eigenvalue weighted by molar-refractivity contribution is 7.99. The molecule has 1 saturated heterocycles. The molecule has 2 aliphatic heterocycles. The van der Waals surface area contributed by atoms with Crippen molar-refractivity contribution in [2.24, 2.45) is 0 Å². The van der Waals surface area contributed by atoms with Crippen LogP contribution in [0.4, 0.5) is 4.39 Å². The first-order valence-electron chi connectivity index (χ1n) is 12.1. The summed E-state index contributed by atoms with van der Waals surface area (Å²) in [5, 5.41) is 11.5. The van der Waals surface area contributed by atoms with E-state index in [4.69, 9.17) is 5.11 Å². The molecule has 3 atom stereocenters. The number of amides is 2. The number of rotatable bonds is 7. The molecule has 2 N–H and O–H groups in total. The van der Waals surface area contributed by atoms with Crippen LogP contribution < -0.4 is 5.32 Å². The number of aliphatic carboxylic acids is 1. The van der Waals surface area contributed by atoms with E-state index in [1.807, 2.05) is 36.4 Å². The Morgan fingerprint density at radius 3 is 2.50 bits per heavy atom. The minimum atomic E-state index is -1.46. The Balaban J connectivity index is 1.59. The van der Waals surface area contributed by atoms with Gasteiger partial charge in [-0.3, -0.25) is 19.2 Å². The topological polar surface area (TPSA) is 104 Å². The van der Waals surface area contributed by atoms with Crippen LogP contribution >= 0.6 is 11.8 Å². The number of nitrogens with zero attached hydrogens (tertiary/aromatic N) is 1. The molecular formula is C27H29FN2O5S. The Kier molecular flexibility index (Phi) is 8.40. The fourth-order valence-corrected chi connectivity index (χ4v) is 6.11. The van der Waals surface area contributed by atoms with Gasteiger partial charge < -0.3 is 15.3 Å². The van der Waals surface area contributed by atoms with Crippen LogP contribution in [-0.4, -0.2) is 58.9 Å². The summed E-state index contributed by atoms with van der Waals surface area (Å²) in [7, 11) is 0. The normalized spacial score (nSPS) is 20.2. The average Bonchev–Trinajstić information content (AvgIpc) is 2.87. The van der Waals surface area contributed by atoms with Gasteiger partial charge in [0, 0.05) is 16.3 Å². The summed E-state index contributed by atoms with van der Waals surface area (Å²) in [5.41, 5.74) is 2.09. The van der Waals surface area contributed by atoms with E-state index in [2.05, 4.69) is 17.4 Å². The Morgan fingerprint density at radius 1 is 1.03 bits per heavy atom. The van der Waals surface area contributed by atoms with Crippen molar-refractivity contribution in [1.82, 2.24) is 10.2 Å². The molecule has 2 heterocycles. The molecule has 2 amide bonds. The zero-order valence-electron chi connectivity index (χ0n) is 19.8. The predicted octanol–water partition coefficient (Wildman–Crippen LogP) is 3.75. The summed E-state index contributed by atoms with van der Waals surface area (Å²) in [6.07, 6.45) is 2.44. The van der Waals surface area contributed by atoms with Gasteiger partial charge in [-0.1, -0.05) is 48.2 Å². The van der Waals surface area contributed by atoms with Gasteiger partial charge in [-0.15, -0.1) is 0 Å². The second-order valence-electron chi connectivity index (χ2n) is 9.14. The van der Waals surface area contributed by atoms with Gasteiger partial charge in [-0.2, -0.15) is 0 Å². The third-order valence-electron chi connectivity index (χ3n) is 6.79. The molecule has 2 aliphatic rings. The molecule has 4 rings (SSSR count). The zero-order chi connectivity index (χ0) is 25.7. The van der Waals surface area contributed by atoms with Crippen LogP contribution in [0.3, 0.4) is 0 Å². The number of carbonyl (C=O) groups is 4. The molecule has 0 radical (unpaired) electrons. The van der Waals surface area contributed by atoms with Crippen molar-refractivity contribution in [3.8, 4) is 0 Å². The number of piperidine rings is 1. The lowest BCUT2D eigenvalue weighted by atomic mass is 9.88. The number of benzene rings is 2. The van der Waals surface area contributed by atoms with Gasteiger partial charge in [0.05, 0.1) is 12.3 Å².